The molecular formula is C25H26FN5O. The van der Waals surface area contributed by atoms with Crippen molar-refractivity contribution in [3.8, 4) is 11.1 Å². The number of hydrogen-bond donors (Lipinski definition) is 1. The minimum Gasteiger partial charge on any atom is -0.340 e. The highest BCUT2D eigenvalue weighted by Gasteiger charge is 2.32. The molecule has 5 rings (SSSR count). The molecule has 4 aromatic rings. The monoisotopic (exact) mass is 431 g/mol. The molecule has 32 heavy (non-hydrogen) atoms. The van der Waals surface area contributed by atoms with Gasteiger partial charge in [-0.15, -0.1) is 0 Å². The van der Waals surface area contributed by atoms with E-state index in [1.807, 2.05) is 34.2 Å². The van der Waals surface area contributed by atoms with Crippen LogP contribution in [0.1, 0.15) is 25.3 Å². The fourth-order valence-electron chi connectivity index (χ4n) is 4.77. The first-order valence-corrected chi connectivity index (χ1v) is 11.1. The van der Waals surface area contributed by atoms with Crippen LogP contribution in [0.2, 0.25) is 0 Å². The smallest absolute Gasteiger partial charge is 0.223 e. The lowest BCUT2D eigenvalue weighted by Gasteiger charge is -2.21. The van der Waals surface area contributed by atoms with Crippen molar-refractivity contribution in [3.05, 3.63) is 72.4 Å². The van der Waals surface area contributed by atoms with Crippen molar-refractivity contribution in [2.45, 2.75) is 38.8 Å². The number of hydrogen-bond acceptors (Lipinski definition) is 3. The summed E-state index contributed by atoms with van der Waals surface area (Å²) >= 11 is 0. The van der Waals surface area contributed by atoms with Gasteiger partial charge in [-0.2, -0.15) is 10.2 Å². The maximum atomic E-state index is 13.4. The molecule has 0 saturated carbocycles. The predicted octanol–water partition coefficient (Wildman–Crippen LogP) is 4.44. The summed E-state index contributed by atoms with van der Waals surface area (Å²) in [6, 6.07) is 13.0. The van der Waals surface area contributed by atoms with Crippen molar-refractivity contribution in [1.29, 1.82) is 0 Å². The van der Waals surface area contributed by atoms with Gasteiger partial charge in [-0.1, -0.05) is 18.2 Å². The minimum absolute atomic E-state index is 0.138. The number of amides is 1. The number of aryl methyl sites for hydroxylation is 1. The van der Waals surface area contributed by atoms with E-state index in [9.17, 15) is 9.18 Å². The fourth-order valence-corrected chi connectivity index (χ4v) is 4.77. The summed E-state index contributed by atoms with van der Waals surface area (Å²) in [4.78, 5) is 14.8. The SMILES string of the molecule is C[C@H]1C[C@H](Cn2ncc3cc(-c4cn[nH]c4)ccc32)CN1C(=O)CCc1cccc(F)c1. The van der Waals surface area contributed by atoms with E-state index >= 15 is 0 Å². The van der Waals surface area contributed by atoms with E-state index in [-0.39, 0.29) is 17.8 Å². The number of carbonyl (C=O) groups is 1. The van der Waals surface area contributed by atoms with E-state index in [1.165, 1.54) is 12.1 Å². The Labute approximate surface area is 186 Å². The Bertz CT molecular complexity index is 1230. The summed E-state index contributed by atoms with van der Waals surface area (Å²) in [6.07, 6.45) is 7.52. The van der Waals surface area contributed by atoms with Gasteiger partial charge >= 0.3 is 0 Å². The van der Waals surface area contributed by atoms with Crippen molar-refractivity contribution in [2.75, 3.05) is 6.54 Å². The topological polar surface area (TPSA) is 66.8 Å². The van der Waals surface area contributed by atoms with E-state index in [0.29, 0.717) is 18.8 Å². The molecule has 0 unspecified atom stereocenters. The summed E-state index contributed by atoms with van der Waals surface area (Å²) in [6.45, 7) is 3.63. The summed E-state index contributed by atoms with van der Waals surface area (Å²) in [5.41, 5.74) is 4.12. The standard InChI is InChI=1S/C25H26FN5O/c1-17-9-19(15-30(17)25(32)8-5-18-3-2-4-23(26)10-18)16-31-24-7-6-20(11-21(24)14-29-31)22-12-27-28-13-22/h2-4,6-7,10-14,17,19H,5,8-9,15-16H2,1H3,(H,27,28)/t17-,19-/m0/s1. The number of benzene rings is 2. The predicted molar refractivity (Wildman–Crippen MR) is 121 cm³/mol. The van der Waals surface area contributed by atoms with Crippen LogP contribution in [0.3, 0.4) is 0 Å². The maximum Gasteiger partial charge on any atom is 0.223 e. The zero-order valence-electron chi connectivity index (χ0n) is 18.0. The Morgan fingerprint density at radius 1 is 1.19 bits per heavy atom. The van der Waals surface area contributed by atoms with Crippen LogP contribution in [-0.4, -0.2) is 43.4 Å². The van der Waals surface area contributed by atoms with Gasteiger partial charge < -0.3 is 4.90 Å². The van der Waals surface area contributed by atoms with Gasteiger partial charge in [0.25, 0.3) is 0 Å². The van der Waals surface area contributed by atoms with Crippen molar-refractivity contribution in [2.24, 2.45) is 5.92 Å². The molecule has 1 aliphatic rings. The minimum atomic E-state index is -0.257. The third-order valence-corrected chi connectivity index (χ3v) is 6.40. The molecule has 0 spiro atoms. The zero-order valence-corrected chi connectivity index (χ0v) is 18.0. The number of nitrogens with one attached hydrogen (secondary N) is 1. The van der Waals surface area contributed by atoms with Crippen LogP contribution in [0.4, 0.5) is 4.39 Å². The van der Waals surface area contributed by atoms with Gasteiger partial charge in [-0.3, -0.25) is 14.6 Å². The van der Waals surface area contributed by atoms with Crippen LogP contribution < -0.4 is 0 Å². The van der Waals surface area contributed by atoms with Crippen LogP contribution in [0.5, 0.6) is 0 Å². The number of H-pyrrole nitrogens is 1. The number of rotatable bonds is 6. The van der Waals surface area contributed by atoms with Crippen molar-refractivity contribution in [1.82, 2.24) is 24.9 Å². The summed E-state index contributed by atoms with van der Waals surface area (Å²) in [5.74, 6) is 0.243. The molecule has 7 heteroatoms. The largest absolute Gasteiger partial charge is 0.340 e. The second-order valence-corrected chi connectivity index (χ2v) is 8.71. The van der Waals surface area contributed by atoms with Crippen molar-refractivity contribution in [3.63, 3.8) is 0 Å². The third kappa shape index (κ3) is 4.15. The lowest BCUT2D eigenvalue weighted by Crippen LogP contribution is -2.34. The Hall–Kier alpha value is -3.48. The highest BCUT2D eigenvalue weighted by Crippen LogP contribution is 2.28. The van der Waals surface area contributed by atoms with Crippen LogP contribution in [0.25, 0.3) is 22.0 Å². The molecule has 2 aromatic carbocycles. The van der Waals surface area contributed by atoms with Gasteiger partial charge in [-0.05, 0) is 61.1 Å². The molecule has 1 aliphatic heterocycles. The fraction of sp³-hybridized carbons (Fsp3) is 0.320. The number of carbonyl (C=O) groups excluding carboxylic acids is 1. The van der Waals surface area contributed by atoms with Gasteiger partial charge in [0.15, 0.2) is 0 Å². The molecule has 0 aliphatic carbocycles. The van der Waals surface area contributed by atoms with Crippen LogP contribution in [-0.2, 0) is 17.8 Å². The average molecular weight is 432 g/mol. The van der Waals surface area contributed by atoms with E-state index in [0.717, 1.165) is 47.1 Å². The number of aromatic nitrogens is 4. The molecule has 1 saturated heterocycles. The lowest BCUT2D eigenvalue weighted by atomic mass is 10.1. The second kappa shape index (κ2) is 8.57. The number of halogens is 1. The van der Waals surface area contributed by atoms with Crippen LogP contribution in [0.15, 0.2) is 61.1 Å². The molecule has 1 amide bonds. The quantitative estimate of drug-likeness (QED) is 0.491. The average Bonchev–Trinajstić information content (AvgIpc) is 3.53. The molecule has 1 fully saturated rings. The first-order valence-electron chi connectivity index (χ1n) is 11.1. The van der Waals surface area contributed by atoms with E-state index < -0.39 is 0 Å². The van der Waals surface area contributed by atoms with Crippen molar-refractivity contribution < 1.29 is 9.18 Å². The molecular weight excluding hydrogens is 405 g/mol. The Morgan fingerprint density at radius 2 is 2.09 bits per heavy atom. The molecule has 0 radical (unpaired) electrons. The molecule has 1 N–H and O–H groups in total. The molecule has 2 atom stereocenters. The summed E-state index contributed by atoms with van der Waals surface area (Å²) in [5, 5.41) is 12.6. The van der Waals surface area contributed by atoms with Gasteiger partial charge in [-0.25, -0.2) is 4.39 Å². The third-order valence-electron chi connectivity index (χ3n) is 6.40. The lowest BCUT2D eigenvalue weighted by molar-refractivity contribution is -0.131. The van der Waals surface area contributed by atoms with Crippen molar-refractivity contribution >= 4 is 16.8 Å². The van der Waals surface area contributed by atoms with E-state index in [4.69, 9.17) is 0 Å². The maximum absolute atomic E-state index is 13.4. The van der Waals surface area contributed by atoms with E-state index in [1.54, 1.807) is 6.07 Å². The second-order valence-electron chi connectivity index (χ2n) is 8.71. The van der Waals surface area contributed by atoms with Gasteiger partial charge in [0.2, 0.25) is 5.91 Å². The molecule has 2 aromatic heterocycles. The van der Waals surface area contributed by atoms with Gasteiger partial charge in [0.05, 0.1) is 17.9 Å². The van der Waals surface area contributed by atoms with Gasteiger partial charge in [0.1, 0.15) is 5.82 Å². The van der Waals surface area contributed by atoms with Crippen LogP contribution >= 0.6 is 0 Å². The summed E-state index contributed by atoms with van der Waals surface area (Å²) in [7, 11) is 0. The number of nitrogens with zero attached hydrogens (tertiary/aromatic N) is 4. The van der Waals surface area contributed by atoms with E-state index in [2.05, 4.69) is 40.4 Å². The zero-order chi connectivity index (χ0) is 22.1. The highest BCUT2D eigenvalue weighted by atomic mass is 19.1. The van der Waals surface area contributed by atoms with Crippen LogP contribution in [0, 0.1) is 11.7 Å². The normalized spacial score (nSPS) is 18.5. The Balaban J connectivity index is 1.23. The highest BCUT2D eigenvalue weighted by molar-refractivity contribution is 5.84. The molecule has 6 nitrogen and oxygen atoms in total. The number of likely N-dealkylation sites (tertiary alicyclic amines) is 1. The molecule has 164 valence electrons. The first-order chi connectivity index (χ1) is 15.6. The summed E-state index contributed by atoms with van der Waals surface area (Å²) < 4.78 is 15.4. The Kier molecular flexibility index (Phi) is 5.47. The van der Waals surface area contributed by atoms with Gasteiger partial charge in [0, 0.05) is 42.7 Å². The number of aromatic amines is 1. The molecule has 3 heterocycles. The number of fused-ring (bicyclic) bond motifs is 1. The Morgan fingerprint density at radius 3 is 2.91 bits per heavy atom. The first kappa shape index (κ1) is 20.4. The molecule has 0 bridgehead atoms.